The fourth-order valence-corrected chi connectivity index (χ4v) is 1.97. The van der Waals surface area contributed by atoms with Gasteiger partial charge in [0.2, 0.25) is 0 Å². The summed E-state index contributed by atoms with van der Waals surface area (Å²) in [6.45, 7) is 3.80. The first kappa shape index (κ1) is 16.5. The zero-order valence-electron chi connectivity index (χ0n) is 12.5. The summed E-state index contributed by atoms with van der Waals surface area (Å²) in [6.07, 6.45) is 0.838. The highest BCUT2D eigenvalue weighted by atomic mass is 16.5. The maximum Gasteiger partial charge on any atom is 0.275 e. The van der Waals surface area contributed by atoms with E-state index in [1.165, 1.54) is 0 Å². The highest BCUT2D eigenvalue weighted by molar-refractivity contribution is 5.76. The molecule has 0 bridgehead atoms. The van der Waals surface area contributed by atoms with E-state index in [2.05, 4.69) is 12.2 Å². The van der Waals surface area contributed by atoms with Crippen LogP contribution in [0.2, 0.25) is 0 Å². The molecule has 1 rings (SSSR count). The zero-order valence-corrected chi connectivity index (χ0v) is 12.5. The van der Waals surface area contributed by atoms with E-state index in [1.807, 2.05) is 29.6 Å². The van der Waals surface area contributed by atoms with Gasteiger partial charge in [-0.1, -0.05) is 12.1 Å². The van der Waals surface area contributed by atoms with Crippen LogP contribution in [-0.2, 0) is 9.53 Å². The summed E-state index contributed by atoms with van der Waals surface area (Å²) in [5, 5.41) is 4.87. The molecule has 3 N–H and O–H groups in total. The van der Waals surface area contributed by atoms with E-state index in [0.29, 0.717) is 19.7 Å². The van der Waals surface area contributed by atoms with E-state index < -0.39 is 0 Å². The summed E-state index contributed by atoms with van der Waals surface area (Å²) in [7, 11) is 3.32. The van der Waals surface area contributed by atoms with Crippen LogP contribution in [0.4, 0.5) is 0 Å². The standard InChI is InChI=1S/C15H24N2O3/c1-12(13-7-4-5-8-14(13)20-3)17-11-15(18)16-9-6-10-19-2/h4-5,7-8,12,17H,6,9-11H2,1-3H3,(H,16,18)/p+1/t12-/m0/s1. The van der Waals surface area contributed by atoms with Crippen LogP contribution in [0.25, 0.3) is 0 Å². The second kappa shape index (κ2) is 9.34. The predicted octanol–water partition coefficient (Wildman–Crippen LogP) is 0.472. The van der Waals surface area contributed by atoms with Crippen LogP contribution in [0.3, 0.4) is 0 Å². The quantitative estimate of drug-likeness (QED) is 0.647. The highest BCUT2D eigenvalue weighted by Gasteiger charge is 2.14. The summed E-state index contributed by atoms with van der Waals surface area (Å²) in [6, 6.07) is 8.06. The molecule has 1 amide bonds. The number of carbonyl (C=O) groups is 1. The van der Waals surface area contributed by atoms with Crippen LogP contribution < -0.4 is 15.4 Å². The fraction of sp³-hybridized carbons (Fsp3) is 0.533. The van der Waals surface area contributed by atoms with Gasteiger partial charge >= 0.3 is 0 Å². The van der Waals surface area contributed by atoms with Crippen molar-refractivity contribution in [3.63, 3.8) is 0 Å². The number of amides is 1. The molecule has 0 aromatic heterocycles. The Morgan fingerprint density at radius 3 is 2.80 bits per heavy atom. The zero-order chi connectivity index (χ0) is 14.8. The lowest BCUT2D eigenvalue weighted by Gasteiger charge is -2.14. The van der Waals surface area contributed by atoms with Gasteiger partial charge in [-0.15, -0.1) is 0 Å². The first-order valence-corrected chi connectivity index (χ1v) is 6.91. The molecule has 0 aliphatic heterocycles. The first-order chi connectivity index (χ1) is 9.69. The lowest BCUT2D eigenvalue weighted by molar-refractivity contribution is -0.682. The van der Waals surface area contributed by atoms with Crippen LogP contribution in [0, 0.1) is 0 Å². The van der Waals surface area contributed by atoms with Crippen molar-refractivity contribution in [1.29, 1.82) is 0 Å². The normalized spacial score (nSPS) is 11.9. The Kier molecular flexibility index (Phi) is 7.69. The van der Waals surface area contributed by atoms with Gasteiger partial charge in [-0.3, -0.25) is 4.79 Å². The molecule has 0 saturated carbocycles. The van der Waals surface area contributed by atoms with Gasteiger partial charge < -0.3 is 20.1 Å². The van der Waals surface area contributed by atoms with Crippen LogP contribution in [-0.4, -0.2) is 39.8 Å². The Labute approximate surface area is 120 Å². The van der Waals surface area contributed by atoms with E-state index in [1.54, 1.807) is 14.2 Å². The van der Waals surface area contributed by atoms with Crippen molar-refractivity contribution in [3.8, 4) is 5.75 Å². The number of nitrogens with one attached hydrogen (secondary N) is 1. The lowest BCUT2D eigenvalue weighted by Crippen LogP contribution is -2.87. The van der Waals surface area contributed by atoms with Crippen molar-refractivity contribution in [2.75, 3.05) is 33.9 Å². The molecule has 0 spiro atoms. The number of para-hydroxylation sites is 1. The fourth-order valence-electron chi connectivity index (χ4n) is 1.97. The van der Waals surface area contributed by atoms with Gasteiger partial charge in [-0.2, -0.15) is 0 Å². The van der Waals surface area contributed by atoms with E-state index in [9.17, 15) is 4.79 Å². The minimum absolute atomic E-state index is 0.0443. The molecule has 5 nitrogen and oxygen atoms in total. The number of quaternary nitrogens is 1. The predicted molar refractivity (Wildman–Crippen MR) is 77.7 cm³/mol. The minimum Gasteiger partial charge on any atom is -0.496 e. The van der Waals surface area contributed by atoms with E-state index in [-0.39, 0.29) is 11.9 Å². The molecule has 1 atom stereocenters. The molecule has 0 heterocycles. The molecule has 1 aromatic carbocycles. The van der Waals surface area contributed by atoms with Gasteiger partial charge in [0.05, 0.1) is 12.7 Å². The summed E-state index contributed by atoms with van der Waals surface area (Å²) in [5.41, 5.74) is 1.10. The average Bonchev–Trinajstić information content (AvgIpc) is 2.49. The van der Waals surface area contributed by atoms with Gasteiger partial charge in [0.1, 0.15) is 11.8 Å². The van der Waals surface area contributed by atoms with Crippen LogP contribution in [0.15, 0.2) is 24.3 Å². The van der Waals surface area contributed by atoms with Crippen LogP contribution in [0.1, 0.15) is 24.9 Å². The molecule has 0 aliphatic carbocycles. The number of rotatable bonds is 9. The molecular formula is C15H25N2O3+. The van der Waals surface area contributed by atoms with Gasteiger partial charge in [0.15, 0.2) is 6.54 Å². The molecule has 0 unspecified atom stereocenters. The van der Waals surface area contributed by atoms with E-state index >= 15 is 0 Å². The van der Waals surface area contributed by atoms with Crippen molar-refractivity contribution in [3.05, 3.63) is 29.8 Å². The summed E-state index contributed by atoms with van der Waals surface area (Å²) >= 11 is 0. The average molecular weight is 281 g/mol. The summed E-state index contributed by atoms with van der Waals surface area (Å²) in [4.78, 5) is 11.7. The second-order valence-electron chi connectivity index (χ2n) is 4.67. The number of carbonyl (C=O) groups excluding carboxylic acids is 1. The third-order valence-electron chi connectivity index (χ3n) is 3.13. The van der Waals surface area contributed by atoms with Gasteiger partial charge in [-0.05, 0) is 25.5 Å². The molecule has 0 radical (unpaired) electrons. The number of hydrogen-bond donors (Lipinski definition) is 2. The molecule has 1 aromatic rings. The number of ether oxygens (including phenoxy) is 2. The van der Waals surface area contributed by atoms with Gasteiger partial charge in [-0.25, -0.2) is 0 Å². The van der Waals surface area contributed by atoms with Gasteiger partial charge in [0, 0.05) is 20.3 Å². The molecular weight excluding hydrogens is 256 g/mol. The smallest absolute Gasteiger partial charge is 0.275 e. The lowest BCUT2D eigenvalue weighted by atomic mass is 10.1. The summed E-state index contributed by atoms with van der Waals surface area (Å²) in [5.74, 6) is 0.902. The molecule has 0 aliphatic rings. The van der Waals surface area contributed by atoms with Crippen molar-refractivity contribution in [1.82, 2.24) is 5.32 Å². The van der Waals surface area contributed by atoms with Crippen molar-refractivity contribution in [2.24, 2.45) is 0 Å². The third kappa shape index (κ3) is 5.59. The van der Waals surface area contributed by atoms with Crippen molar-refractivity contribution in [2.45, 2.75) is 19.4 Å². The monoisotopic (exact) mass is 281 g/mol. The number of benzene rings is 1. The molecule has 112 valence electrons. The third-order valence-corrected chi connectivity index (χ3v) is 3.13. The molecule has 0 fully saturated rings. The largest absolute Gasteiger partial charge is 0.496 e. The number of methoxy groups -OCH3 is 2. The minimum atomic E-state index is 0.0443. The van der Waals surface area contributed by atoms with Gasteiger partial charge in [0.25, 0.3) is 5.91 Å². The van der Waals surface area contributed by atoms with Crippen LogP contribution in [0.5, 0.6) is 5.75 Å². The maximum absolute atomic E-state index is 11.7. The topological polar surface area (TPSA) is 64.2 Å². The second-order valence-corrected chi connectivity index (χ2v) is 4.67. The van der Waals surface area contributed by atoms with E-state index in [4.69, 9.17) is 9.47 Å². The highest BCUT2D eigenvalue weighted by Crippen LogP contribution is 2.21. The Balaban J connectivity index is 2.35. The first-order valence-electron chi connectivity index (χ1n) is 6.91. The SMILES string of the molecule is COCCCNC(=O)C[NH2+][C@@H](C)c1ccccc1OC. The number of nitrogens with two attached hydrogens (primary N) is 1. The Morgan fingerprint density at radius 2 is 2.10 bits per heavy atom. The van der Waals surface area contributed by atoms with E-state index in [0.717, 1.165) is 17.7 Å². The Hall–Kier alpha value is -1.59. The molecule has 0 saturated heterocycles. The molecule has 20 heavy (non-hydrogen) atoms. The Bertz CT molecular complexity index is 410. The Morgan fingerprint density at radius 1 is 1.35 bits per heavy atom. The number of hydrogen-bond acceptors (Lipinski definition) is 3. The van der Waals surface area contributed by atoms with Crippen molar-refractivity contribution >= 4 is 5.91 Å². The summed E-state index contributed by atoms with van der Waals surface area (Å²) < 4.78 is 10.3. The van der Waals surface area contributed by atoms with Crippen molar-refractivity contribution < 1.29 is 19.6 Å². The molecule has 5 heteroatoms. The maximum atomic E-state index is 11.7. The van der Waals surface area contributed by atoms with Crippen LogP contribution >= 0.6 is 0 Å².